The normalized spacial score (nSPS) is 10.5. The maximum Gasteiger partial charge on any atom is 0.337 e. The number of allylic oxidation sites excluding steroid dienone is 1. The van der Waals surface area contributed by atoms with Gasteiger partial charge in [0.25, 0.3) is 0 Å². The van der Waals surface area contributed by atoms with E-state index < -0.39 is 5.97 Å². The first-order chi connectivity index (χ1) is 17.9. The number of carboxylic acid groups (broad SMARTS) is 1. The molecule has 1 aromatic heterocycles. The van der Waals surface area contributed by atoms with Gasteiger partial charge in [0, 0.05) is 12.3 Å². The van der Waals surface area contributed by atoms with Crippen LogP contribution >= 0.6 is 0 Å². The summed E-state index contributed by atoms with van der Waals surface area (Å²) in [4.78, 5) is 28.0. The van der Waals surface area contributed by atoms with Gasteiger partial charge in [-0.05, 0) is 73.0 Å². The molecule has 0 saturated heterocycles. The van der Waals surface area contributed by atoms with Crippen LogP contribution in [0, 0.1) is 0 Å². The van der Waals surface area contributed by atoms with Crippen molar-refractivity contribution in [1.29, 1.82) is 0 Å². The number of benzene rings is 3. The fraction of sp³-hybridized carbons (Fsp3) is 0.167. The number of amides is 1. The first-order valence-corrected chi connectivity index (χ1v) is 11.9. The van der Waals surface area contributed by atoms with Crippen molar-refractivity contribution in [2.75, 3.05) is 11.9 Å². The van der Waals surface area contributed by atoms with E-state index in [0.29, 0.717) is 23.8 Å². The first-order valence-electron chi connectivity index (χ1n) is 11.9. The maximum atomic E-state index is 12.4. The number of nitrogens with zero attached hydrogens (tertiary/aromatic N) is 1. The van der Waals surface area contributed by atoms with E-state index in [0.717, 1.165) is 22.9 Å². The van der Waals surface area contributed by atoms with E-state index in [4.69, 9.17) is 9.47 Å². The van der Waals surface area contributed by atoms with Gasteiger partial charge in [0.2, 0.25) is 11.8 Å². The number of aromatic nitrogens is 1. The minimum absolute atomic E-state index is 0.0383. The second kappa shape index (κ2) is 11.9. The molecule has 0 bridgehead atoms. The lowest BCUT2D eigenvalue weighted by Gasteiger charge is -2.10. The second-order valence-corrected chi connectivity index (χ2v) is 8.77. The molecule has 2 N–H and O–H groups in total. The number of rotatable bonds is 10. The van der Waals surface area contributed by atoms with E-state index in [9.17, 15) is 14.7 Å². The highest BCUT2D eigenvalue weighted by atomic mass is 16.5. The van der Waals surface area contributed by atoms with Crippen molar-refractivity contribution in [3.63, 3.8) is 0 Å². The molecule has 0 unspecified atom stereocenters. The molecule has 0 atom stereocenters. The molecule has 0 fully saturated rings. The fourth-order valence-electron chi connectivity index (χ4n) is 3.73. The maximum absolute atomic E-state index is 12.4. The summed E-state index contributed by atoms with van der Waals surface area (Å²) in [5.74, 6) is 0.443. The highest BCUT2D eigenvalue weighted by Crippen LogP contribution is 2.27. The molecular formula is C30H28N2O5. The molecule has 188 valence electrons. The van der Waals surface area contributed by atoms with Gasteiger partial charge in [-0.15, -0.1) is 0 Å². The van der Waals surface area contributed by atoms with Crippen molar-refractivity contribution in [3.8, 4) is 17.4 Å². The molecule has 7 nitrogen and oxygen atoms in total. The van der Waals surface area contributed by atoms with Crippen LogP contribution in [0.4, 0.5) is 5.69 Å². The van der Waals surface area contributed by atoms with Crippen molar-refractivity contribution >= 4 is 28.3 Å². The molecule has 0 aliphatic heterocycles. The molecule has 4 rings (SSSR count). The Hall–Kier alpha value is -4.65. The lowest BCUT2D eigenvalue weighted by atomic mass is 10.1. The number of hydrogen-bond acceptors (Lipinski definition) is 5. The summed E-state index contributed by atoms with van der Waals surface area (Å²) in [6.07, 6.45) is 4.65. The van der Waals surface area contributed by atoms with Crippen LogP contribution in [-0.2, 0) is 11.2 Å². The zero-order valence-electron chi connectivity index (χ0n) is 20.7. The van der Waals surface area contributed by atoms with Gasteiger partial charge < -0.3 is 19.9 Å². The molecule has 0 aliphatic carbocycles. The Bertz CT molecular complexity index is 1440. The number of fused-ring (bicyclic) bond motifs is 1. The third-order valence-corrected chi connectivity index (χ3v) is 5.54. The van der Waals surface area contributed by atoms with Crippen LogP contribution in [0.5, 0.6) is 17.4 Å². The summed E-state index contributed by atoms with van der Waals surface area (Å²) in [5, 5.41) is 14.0. The summed E-state index contributed by atoms with van der Waals surface area (Å²) >= 11 is 0. The Kier molecular flexibility index (Phi) is 8.15. The minimum Gasteiger partial charge on any atom is -0.493 e. The molecule has 1 amide bonds. The zero-order chi connectivity index (χ0) is 26.2. The lowest BCUT2D eigenvalue weighted by molar-refractivity contribution is -0.115. The van der Waals surface area contributed by atoms with Crippen LogP contribution in [0.3, 0.4) is 0 Å². The quantitative estimate of drug-likeness (QED) is 0.189. The van der Waals surface area contributed by atoms with Crippen LogP contribution in [0.2, 0.25) is 0 Å². The van der Waals surface area contributed by atoms with E-state index >= 15 is 0 Å². The molecule has 0 aliphatic rings. The largest absolute Gasteiger partial charge is 0.493 e. The monoisotopic (exact) mass is 496 g/mol. The summed E-state index contributed by atoms with van der Waals surface area (Å²) < 4.78 is 11.7. The molecule has 0 saturated carbocycles. The average Bonchev–Trinajstić information content (AvgIpc) is 2.88. The third-order valence-electron chi connectivity index (χ3n) is 5.54. The molecule has 7 heteroatoms. The van der Waals surface area contributed by atoms with Crippen molar-refractivity contribution in [2.24, 2.45) is 0 Å². The van der Waals surface area contributed by atoms with E-state index in [1.54, 1.807) is 36.5 Å². The molecule has 3 aromatic carbocycles. The number of hydrogen-bond donors (Lipinski definition) is 2. The average molecular weight is 497 g/mol. The number of carbonyl (C=O) groups is 2. The Morgan fingerprint density at radius 1 is 0.946 bits per heavy atom. The van der Waals surface area contributed by atoms with Gasteiger partial charge in [-0.3, -0.25) is 4.79 Å². The molecule has 4 aromatic rings. The van der Waals surface area contributed by atoms with E-state index in [-0.39, 0.29) is 23.6 Å². The van der Waals surface area contributed by atoms with Gasteiger partial charge in [0.05, 0.1) is 24.3 Å². The Morgan fingerprint density at radius 3 is 2.38 bits per heavy atom. The van der Waals surface area contributed by atoms with Gasteiger partial charge in [-0.1, -0.05) is 42.0 Å². The number of pyridine rings is 1. The van der Waals surface area contributed by atoms with Crippen molar-refractivity contribution in [3.05, 3.63) is 102 Å². The molecule has 1 heterocycles. The van der Waals surface area contributed by atoms with Crippen molar-refractivity contribution in [2.45, 2.75) is 26.7 Å². The van der Waals surface area contributed by atoms with Crippen LogP contribution < -0.4 is 14.8 Å². The number of nitrogens with one attached hydrogen (secondary N) is 1. The van der Waals surface area contributed by atoms with Crippen molar-refractivity contribution < 1.29 is 24.2 Å². The predicted octanol–water partition coefficient (Wildman–Crippen LogP) is 6.64. The SMILES string of the molecule is CC(C)=CCCOc1ccc2cc(Oc3ccc(CC(=O)Nc4ccccc4C(=O)O)cn3)ccc2c1. The minimum atomic E-state index is -1.10. The number of carboxylic acids is 1. The first kappa shape index (κ1) is 25.4. The van der Waals surface area contributed by atoms with E-state index in [2.05, 4.69) is 30.2 Å². The Labute approximate surface area is 215 Å². The van der Waals surface area contributed by atoms with Crippen LogP contribution in [0.1, 0.15) is 36.2 Å². The Morgan fingerprint density at radius 2 is 1.68 bits per heavy atom. The van der Waals surface area contributed by atoms with Gasteiger partial charge in [0.1, 0.15) is 11.5 Å². The topological polar surface area (TPSA) is 97.8 Å². The standard InChI is InChI=1S/C30H28N2O5/c1-20(2)6-5-15-36-24-12-10-23-18-25(13-11-22(23)17-24)37-29-14-9-21(19-31-29)16-28(33)32-27-8-4-3-7-26(27)30(34)35/h3-4,6-14,17-19H,5,15-16H2,1-2H3,(H,32,33)(H,34,35). The number of aromatic carboxylic acids is 1. The second-order valence-electron chi connectivity index (χ2n) is 8.77. The van der Waals surface area contributed by atoms with Crippen LogP contribution in [0.15, 0.2) is 90.6 Å². The summed E-state index contributed by atoms with van der Waals surface area (Å²) in [6.45, 7) is 4.78. The lowest BCUT2D eigenvalue weighted by Crippen LogP contribution is -2.16. The third kappa shape index (κ3) is 7.18. The molecule has 0 spiro atoms. The molecular weight excluding hydrogens is 468 g/mol. The van der Waals surface area contributed by atoms with Crippen LogP contribution in [-0.4, -0.2) is 28.6 Å². The molecule has 0 radical (unpaired) electrons. The number of ether oxygens (including phenoxy) is 2. The van der Waals surface area contributed by atoms with Crippen LogP contribution in [0.25, 0.3) is 10.8 Å². The van der Waals surface area contributed by atoms with Gasteiger partial charge in [0.15, 0.2) is 0 Å². The number of anilines is 1. The highest BCUT2D eigenvalue weighted by Gasteiger charge is 2.12. The highest BCUT2D eigenvalue weighted by molar-refractivity contribution is 6.01. The summed E-state index contributed by atoms with van der Waals surface area (Å²) in [5.41, 5.74) is 2.25. The predicted molar refractivity (Wildman–Crippen MR) is 144 cm³/mol. The van der Waals surface area contributed by atoms with Gasteiger partial charge in [-0.25, -0.2) is 9.78 Å². The fourth-order valence-corrected chi connectivity index (χ4v) is 3.73. The zero-order valence-corrected chi connectivity index (χ0v) is 20.7. The van der Waals surface area contributed by atoms with E-state index in [1.165, 1.54) is 11.6 Å². The Balaban J connectivity index is 1.35. The smallest absolute Gasteiger partial charge is 0.337 e. The van der Waals surface area contributed by atoms with Gasteiger partial charge in [-0.2, -0.15) is 0 Å². The number of carbonyl (C=O) groups excluding carboxylic acids is 1. The van der Waals surface area contributed by atoms with E-state index in [1.807, 2.05) is 36.4 Å². The van der Waals surface area contributed by atoms with Gasteiger partial charge >= 0.3 is 5.97 Å². The van der Waals surface area contributed by atoms with Crippen molar-refractivity contribution in [1.82, 2.24) is 4.98 Å². The molecule has 37 heavy (non-hydrogen) atoms. The summed E-state index contributed by atoms with van der Waals surface area (Å²) in [6, 6.07) is 21.5. The summed E-state index contributed by atoms with van der Waals surface area (Å²) in [7, 11) is 0. The number of para-hydroxylation sites is 1.